The van der Waals surface area contributed by atoms with Crippen LogP contribution in [-0.2, 0) is 0 Å². The molecular formula is C10H20N2. The van der Waals surface area contributed by atoms with Crippen molar-refractivity contribution in [2.24, 2.45) is 5.92 Å². The van der Waals surface area contributed by atoms with Crippen molar-refractivity contribution in [1.82, 2.24) is 10.2 Å². The Kier molecular flexibility index (Phi) is 2.37. The minimum atomic E-state index is 0.848. The van der Waals surface area contributed by atoms with E-state index in [0.717, 1.165) is 18.0 Å². The van der Waals surface area contributed by atoms with Gasteiger partial charge in [-0.3, -0.25) is 0 Å². The quantitative estimate of drug-likeness (QED) is 0.678. The molecular weight excluding hydrogens is 148 g/mol. The zero-order chi connectivity index (χ0) is 8.55. The zero-order valence-corrected chi connectivity index (χ0v) is 8.21. The molecule has 0 radical (unpaired) electrons. The van der Waals surface area contributed by atoms with Crippen molar-refractivity contribution in [3.05, 3.63) is 0 Å². The third kappa shape index (κ3) is 1.27. The van der Waals surface area contributed by atoms with Crippen molar-refractivity contribution in [2.75, 3.05) is 19.6 Å². The average molecular weight is 168 g/mol. The Morgan fingerprint density at radius 1 is 1.25 bits per heavy atom. The van der Waals surface area contributed by atoms with E-state index in [1.807, 2.05) is 0 Å². The minimum absolute atomic E-state index is 0.848. The van der Waals surface area contributed by atoms with Gasteiger partial charge in [-0.1, -0.05) is 13.8 Å². The molecule has 1 N–H and O–H groups in total. The number of rotatable bonds is 3. The third-order valence-corrected chi connectivity index (χ3v) is 3.61. The van der Waals surface area contributed by atoms with Gasteiger partial charge in [0.25, 0.3) is 0 Å². The fourth-order valence-electron chi connectivity index (χ4n) is 2.95. The molecule has 0 aromatic heterocycles. The molecule has 1 saturated carbocycles. The number of piperidine rings is 1. The second-order valence-corrected chi connectivity index (χ2v) is 4.13. The highest BCUT2D eigenvalue weighted by Crippen LogP contribution is 2.34. The summed E-state index contributed by atoms with van der Waals surface area (Å²) in [6.45, 7) is 8.28. The minimum Gasteiger partial charge on any atom is -0.314 e. The Labute approximate surface area is 75.3 Å². The Morgan fingerprint density at radius 3 is 2.42 bits per heavy atom. The number of hydrogen-bond acceptors (Lipinski definition) is 2. The molecule has 1 heterocycles. The molecule has 0 spiro atoms. The predicted molar refractivity (Wildman–Crippen MR) is 51.2 cm³/mol. The molecule has 3 atom stereocenters. The smallest absolute Gasteiger partial charge is 0.0151 e. The molecule has 0 aromatic carbocycles. The fourth-order valence-corrected chi connectivity index (χ4v) is 2.95. The summed E-state index contributed by atoms with van der Waals surface area (Å²) in [4.78, 5) is 2.63. The molecule has 1 aliphatic carbocycles. The van der Waals surface area contributed by atoms with Crippen LogP contribution in [0.5, 0.6) is 0 Å². The average Bonchev–Trinajstić information content (AvgIpc) is 2.67. The second-order valence-electron chi connectivity index (χ2n) is 4.13. The summed E-state index contributed by atoms with van der Waals surface area (Å²) in [6, 6.07) is 1.74. The van der Waals surface area contributed by atoms with Gasteiger partial charge < -0.3 is 10.2 Å². The highest BCUT2D eigenvalue weighted by Gasteiger charge is 2.41. The van der Waals surface area contributed by atoms with Gasteiger partial charge in [0.05, 0.1) is 0 Å². The molecule has 2 heteroatoms. The third-order valence-electron chi connectivity index (χ3n) is 3.61. The van der Waals surface area contributed by atoms with Gasteiger partial charge in [-0.25, -0.2) is 0 Å². The van der Waals surface area contributed by atoms with Crippen LogP contribution in [0.4, 0.5) is 0 Å². The van der Waals surface area contributed by atoms with Crippen molar-refractivity contribution < 1.29 is 0 Å². The molecule has 1 saturated heterocycles. The first kappa shape index (κ1) is 8.52. The standard InChI is InChI=1S/C10H20N2/c1-3-12(4-2)10-6-9-5-8(10)7-11-9/h8-11H,3-7H2,1-2H3/t8-,9-,10?/m1/s1. The van der Waals surface area contributed by atoms with Crippen LogP contribution >= 0.6 is 0 Å². The molecule has 2 aliphatic rings. The van der Waals surface area contributed by atoms with Crippen LogP contribution in [0.2, 0.25) is 0 Å². The van der Waals surface area contributed by atoms with E-state index in [2.05, 4.69) is 24.1 Å². The SMILES string of the molecule is CCN(CC)C1C[C@H]2C[C@@H]1CN2. The number of hydrogen-bond donors (Lipinski definition) is 1. The summed E-state index contributed by atoms with van der Waals surface area (Å²) >= 11 is 0. The van der Waals surface area contributed by atoms with Gasteiger partial charge in [-0.15, -0.1) is 0 Å². The van der Waals surface area contributed by atoms with Crippen LogP contribution < -0.4 is 5.32 Å². The Hall–Kier alpha value is -0.0800. The number of nitrogens with zero attached hydrogens (tertiary/aromatic N) is 1. The van der Waals surface area contributed by atoms with Crippen molar-refractivity contribution in [3.63, 3.8) is 0 Å². The van der Waals surface area contributed by atoms with Gasteiger partial charge >= 0.3 is 0 Å². The van der Waals surface area contributed by atoms with Gasteiger partial charge in [-0.2, -0.15) is 0 Å². The molecule has 1 unspecified atom stereocenters. The molecule has 2 bridgehead atoms. The molecule has 0 aromatic rings. The van der Waals surface area contributed by atoms with E-state index in [1.165, 1.54) is 32.5 Å². The molecule has 70 valence electrons. The summed E-state index contributed by atoms with van der Waals surface area (Å²) in [7, 11) is 0. The summed E-state index contributed by atoms with van der Waals surface area (Å²) in [6.07, 6.45) is 2.83. The van der Waals surface area contributed by atoms with E-state index in [1.54, 1.807) is 0 Å². The zero-order valence-electron chi connectivity index (χ0n) is 8.21. The highest BCUT2D eigenvalue weighted by molar-refractivity contribution is 4.99. The lowest BCUT2D eigenvalue weighted by molar-refractivity contribution is 0.164. The van der Waals surface area contributed by atoms with Crippen LogP contribution in [-0.4, -0.2) is 36.6 Å². The summed E-state index contributed by atoms with van der Waals surface area (Å²) in [5.41, 5.74) is 0. The maximum atomic E-state index is 3.56. The van der Waals surface area contributed by atoms with E-state index in [9.17, 15) is 0 Å². The van der Waals surface area contributed by atoms with Crippen LogP contribution in [0.15, 0.2) is 0 Å². The second kappa shape index (κ2) is 3.35. The van der Waals surface area contributed by atoms with Gasteiger partial charge in [0.1, 0.15) is 0 Å². The molecule has 1 aliphatic heterocycles. The monoisotopic (exact) mass is 168 g/mol. The molecule has 2 fully saturated rings. The van der Waals surface area contributed by atoms with Gasteiger partial charge in [-0.05, 0) is 38.4 Å². The van der Waals surface area contributed by atoms with Gasteiger partial charge in [0, 0.05) is 12.1 Å². The van der Waals surface area contributed by atoms with Crippen molar-refractivity contribution in [1.29, 1.82) is 0 Å². The maximum Gasteiger partial charge on any atom is 0.0151 e. The van der Waals surface area contributed by atoms with Crippen molar-refractivity contribution in [2.45, 2.75) is 38.8 Å². The van der Waals surface area contributed by atoms with Gasteiger partial charge in [0.2, 0.25) is 0 Å². The summed E-state index contributed by atoms with van der Waals surface area (Å²) < 4.78 is 0. The van der Waals surface area contributed by atoms with Gasteiger partial charge in [0.15, 0.2) is 0 Å². The van der Waals surface area contributed by atoms with E-state index >= 15 is 0 Å². The molecule has 12 heavy (non-hydrogen) atoms. The van der Waals surface area contributed by atoms with Crippen molar-refractivity contribution >= 4 is 0 Å². The molecule has 2 rings (SSSR count). The molecule has 2 nitrogen and oxygen atoms in total. The van der Waals surface area contributed by atoms with Crippen LogP contribution in [0, 0.1) is 5.92 Å². The Bertz CT molecular complexity index is 154. The highest BCUT2D eigenvalue weighted by atomic mass is 15.2. The topological polar surface area (TPSA) is 15.3 Å². The predicted octanol–water partition coefficient (Wildman–Crippen LogP) is 1.08. The van der Waals surface area contributed by atoms with E-state index in [-0.39, 0.29) is 0 Å². The number of fused-ring (bicyclic) bond motifs is 2. The first-order chi connectivity index (χ1) is 5.85. The van der Waals surface area contributed by atoms with Crippen LogP contribution in [0.1, 0.15) is 26.7 Å². The van der Waals surface area contributed by atoms with Crippen LogP contribution in [0.25, 0.3) is 0 Å². The van der Waals surface area contributed by atoms with Crippen LogP contribution in [0.3, 0.4) is 0 Å². The largest absolute Gasteiger partial charge is 0.314 e. The van der Waals surface area contributed by atoms with E-state index in [0.29, 0.717) is 0 Å². The van der Waals surface area contributed by atoms with Crippen molar-refractivity contribution in [3.8, 4) is 0 Å². The normalized spacial score (nSPS) is 39.8. The number of nitrogens with one attached hydrogen (secondary N) is 1. The fraction of sp³-hybridized carbons (Fsp3) is 1.00. The lowest BCUT2D eigenvalue weighted by atomic mass is 10.0. The first-order valence-electron chi connectivity index (χ1n) is 5.32. The summed E-state index contributed by atoms with van der Waals surface area (Å²) in [5.74, 6) is 0.954. The maximum absolute atomic E-state index is 3.56. The van der Waals surface area contributed by atoms with E-state index < -0.39 is 0 Å². The lowest BCUT2D eigenvalue weighted by Crippen LogP contribution is -2.44. The Morgan fingerprint density at radius 2 is 2.00 bits per heavy atom. The Balaban J connectivity index is 1.96. The molecule has 0 amide bonds. The first-order valence-corrected chi connectivity index (χ1v) is 5.32. The lowest BCUT2D eigenvalue weighted by Gasteiger charge is -2.33. The summed E-state index contributed by atoms with van der Waals surface area (Å²) in [5, 5.41) is 3.56. The van der Waals surface area contributed by atoms with E-state index in [4.69, 9.17) is 0 Å².